The first-order valence-electron chi connectivity index (χ1n) is 5.89. The Morgan fingerprint density at radius 3 is 2.89 bits per heavy atom. The molecule has 1 aromatic heterocycles. The van der Waals surface area contributed by atoms with Crippen LogP contribution < -0.4 is 5.32 Å². The Hall–Kier alpha value is -0.570. The minimum atomic E-state index is -0.470. The number of pyridine rings is 1. The van der Waals surface area contributed by atoms with Crippen molar-refractivity contribution in [3.8, 4) is 6.07 Å². The van der Waals surface area contributed by atoms with Gasteiger partial charge in [-0.2, -0.15) is 5.26 Å². The van der Waals surface area contributed by atoms with Crippen LogP contribution in [-0.4, -0.2) is 22.3 Å². The first-order chi connectivity index (χ1) is 8.47. The monoisotopic (exact) mass is 327 g/mol. The van der Waals surface area contributed by atoms with Crippen LogP contribution in [0.3, 0.4) is 0 Å². The molecule has 0 saturated heterocycles. The maximum absolute atomic E-state index is 9.24. The summed E-state index contributed by atoms with van der Waals surface area (Å²) in [5, 5.41) is 13.5. The van der Waals surface area contributed by atoms with Crippen LogP contribution in [0.5, 0.6) is 0 Å². The minimum Gasteiger partial charge on any atom is -0.297 e. The zero-order valence-electron chi connectivity index (χ0n) is 10.9. The Balaban J connectivity index is 2.50. The second kappa shape index (κ2) is 7.13. The van der Waals surface area contributed by atoms with E-state index in [0.717, 1.165) is 21.7 Å². The predicted octanol–water partition coefficient (Wildman–Crippen LogP) is 3.61. The van der Waals surface area contributed by atoms with Gasteiger partial charge in [-0.1, -0.05) is 0 Å². The van der Waals surface area contributed by atoms with Gasteiger partial charge in [0.15, 0.2) is 0 Å². The molecule has 0 spiro atoms. The van der Waals surface area contributed by atoms with Gasteiger partial charge in [-0.15, -0.1) is 11.8 Å². The van der Waals surface area contributed by atoms with Gasteiger partial charge in [0.25, 0.3) is 0 Å². The van der Waals surface area contributed by atoms with E-state index in [9.17, 15) is 5.26 Å². The number of nitrogens with one attached hydrogen (secondary N) is 1. The molecule has 18 heavy (non-hydrogen) atoms. The van der Waals surface area contributed by atoms with Gasteiger partial charge in [-0.05, 0) is 55.3 Å². The summed E-state index contributed by atoms with van der Waals surface area (Å²) in [6.45, 7) is 6.05. The lowest BCUT2D eigenvalue weighted by Crippen LogP contribution is -2.45. The number of hydrogen-bond donors (Lipinski definition) is 1. The van der Waals surface area contributed by atoms with Crippen LogP contribution >= 0.6 is 27.7 Å². The van der Waals surface area contributed by atoms with E-state index in [1.54, 1.807) is 18.0 Å². The maximum Gasteiger partial charge on any atom is 0.110 e. The number of hydrogen-bond acceptors (Lipinski definition) is 4. The summed E-state index contributed by atoms with van der Waals surface area (Å²) in [5.41, 5.74) is -0.470. The number of aromatic nitrogens is 1. The van der Waals surface area contributed by atoms with Crippen LogP contribution in [0.15, 0.2) is 27.8 Å². The molecular formula is C13H18BrN3S. The average molecular weight is 328 g/mol. The first-order valence-corrected chi connectivity index (χ1v) is 7.67. The van der Waals surface area contributed by atoms with E-state index in [0.29, 0.717) is 6.04 Å². The fraction of sp³-hybridized carbons (Fsp3) is 0.538. The molecule has 0 amide bonds. The first kappa shape index (κ1) is 15.5. The predicted molar refractivity (Wildman–Crippen MR) is 79.6 cm³/mol. The third kappa shape index (κ3) is 4.97. The molecule has 0 aliphatic heterocycles. The molecule has 1 heterocycles. The van der Waals surface area contributed by atoms with Crippen molar-refractivity contribution in [1.29, 1.82) is 5.26 Å². The van der Waals surface area contributed by atoms with Crippen molar-refractivity contribution >= 4 is 27.7 Å². The largest absolute Gasteiger partial charge is 0.297 e. The molecule has 0 bridgehead atoms. The molecule has 1 N–H and O–H groups in total. The highest BCUT2D eigenvalue weighted by molar-refractivity contribution is 9.10. The van der Waals surface area contributed by atoms with Crippen molar-refractivity contribution in [3.63, 3.8) is 0 Å². The van der Waals surface area contributed by atoms with Gasteiger partial charge >= 0.3 is 0 Å². The van der Waals surface area contributed by atoms with Gasteiger partial charge in [0.2, 0.25) is 0 Å². The molecule has 98 valence electrons. The summed E-state index contributed by atoms with van der Waals surface area (Å²) in [4.78, 5) is 4.30. The fourth-order valence-corrected chi connectivity index (χ4v) is 3.27. The van der Waals surface area contributed by atoms with E-state index in [1.165, 1.54) is 0 Å². The molecule has 0 saturated carbocycles. The van der Waals surface area contributed by atoms with Crippen LogP contribution in [0.1, 0.15) is 27.2 Å². The zero-order valence-corrected chi connectivity index (χ0v) is 13.3. The summed E-state index contributed by atoms with van der Waals surface area (Å²) in [5.74, 6) is 0.861. The number of nitriles is 1. The van der Waals surface area contributed by atoms with Crippen molar-refractivity contribution in [2.24, 2.45) is 0 Å². The van der Waals surface area contributed by atoms with E-state index in [-0.39, 0.29) is 0 Å². The SMILES string of the molecule is CC(C)NC(C)(C#N)CCSc1ncccc1Br. The molecular weight excluding hydrogens is 310 g/mol. The lowest BCUT2D eigenvalue weighted by atomic mass is 10.0. The van der Waals surface area contributed by atoms with Crippen molar-refractivity contribution < 1.29 is 0 Å². The van der Waals surface area contributed by atoms with Gasteiger partial charge in [0.05, 0.1) is 6.07 Å². The van der Waals surface area contributed by atoms with Crippen LogP contribution in [0.2, 0.25) is 0 Å². The average Bonchev–Trinajstić information content (AvgIpc) is 2.31. The molecule has 1 rings (SSSR count). The van der Waals surface area contributed by atoms with Crippen LogP contribution in [-0.2, 0) is 0 Å². The van der Waals surface area contributed by atoms with Crippen LogP contribution in [0.4, 0.5) is 0 Å². The number of thioether (sulfide) groups is 1. The van der Waals surface area contributed by atoms with E-state index >= 15 is 0 Å². The van der Waals surface area contributed by atoms with Crippen LogP contribution in [0, 0.1) is 11.3 Å². The lowest BCUT2D eigenvalue weighted by molar-refractivity contribution is 0.397. The lowest BCUT2D eigenvalue weighted by Gasteiger charge is -2.25. The smallest absolute Gasteiger partial charge is 0.110 e. The molecule has 0 fully saturated rings. The summed E-state index contributed by atoms with van der Waals surface area (Å²) in [6.07, 6.45) is 2.57. The Labute approximate surface area is 122 Å². The van der Waals surface area contributed by atoms with Crippen molar-refractivity contribution in [2.45, 2.75) is 43.8 Å². The Morgan fingerprint density at radius 1 is 1.61 bits per heavy atom. The minimum absolute atomic E-state index is 0.307. The number of halogens is 1. The Bertz CT molecular complexity index is 430. The number of rotatable bonds is 6. The molecule has 1 aromatic rings. The third-order valence-corrected chi connectivity index (χ3v) is 4.33. The molecule has 0 aliphatic carbocycles. The molecule has 5 heteroatoms. The highest BCUT2D eigenvalue weighted by Gasteiger charge is 2.23. The molecule has 0 aromatic carbocycles. The molecule has 0 radical (unpaired) electrons. The summed E-state index contributed by atoms with van der Waals surface area (Å²) < 4.78 is 1.01. The van der Waals surface area contributed by atoms with Crippen molar-refractivity contribution in [1.82, 2.24) is 10.3 Å². The molecule has 0 aliphatic rings. The normalized spacial score (nSPS) is 14.2. The van der Waals surface area contributed by atoms with Crippen molar-refractivity contribution in [2.75, 3.05) is 5.75 Å². The van der Waals surface area contributed by atoms with Gasteiger partial charge in [0.1, 0.15) is 10.6 Å². The number of nitrogens with zero attached hydrogens (tertiary/aromatic N) is 2. The standard InChI is InChI=1S/C13H18BrN3S/c1-10(2)17-13(3,9-15)6-8-18-12-11(14)5-4-7-16-12/h4-5,7,10,17H,6,8H2,1-3H3. The molecule has 3 nitrogen and oxygen atoms in total. The quantitative estimate of drug-likeness (QED) is 0.811. The highest BCUT2D eigenvalue weighted by atomic mass is 79.9. The second-order valence-corrected chi connectivity index (χ2v) is 6.57. The van der Waals surface area contributed by atoms with Crippen molar-refractivity contribution in [3.05, 3.63) is 22.8 Å². The molecule has 1 atom stereocenters. The summed E-state index contributed by atoms with van der Waals surface area (Å²) in [6, 6.07) is 6.53. The third-order valence-electron chi connectivity index (χ3n) is 2.42. The maximum atomic E-state index is 9.24. The van der Waals surface area contributed by atoms with E-state index in [2.05, 4.69) is 46.1 Å². The van der Waals surface area contributed by atoms with E-state index in [4.69, 9.17) is 0 Å². The fourth-order valence-electron chi connectivity index (χ4n) is 1.63. The Kier molecular flexibility index (Phi) is 6.13. The summed E-state index contributed by atoms with van der Waals surface area (Å²) >= 11 is 5.14. The summed E-state index contributed by atoms with van der Waals surface area (Å²) in [7, 11) is 0. The Morgan fingerprint density at radius 2 is 2.33 bits per heavy atom. The van der Waals surface area contributed by atoms with Gasteiger partial charge < -0.3 is 0 Å². The van der Waals surface area contributed by atoms with Gasteiger partial charge in [-0.25, -0.2) is 4.98 Å². The van der Waals surface area contributed by atoms with E-state index < -0.39 is 5.54 Å². The van der Waals surface area contributed by atoms with Gasteiger partial charge in [-0.3, -0.25) is 5.32 Å². The zero-order chi connectivity index (χ0) is 13.6. The topological polar surface area (TPSA) is 48.7 Å². The van der Waals surface area contributed by atoms with E-state index in [1.807, 2.05) is 19.1 Å². The second-order valence-electron chi connectivity index (χ2n) is 4.63. The van der Waals surface area contributed by atoms with Gasteiger partial charge in [0, 0.05) is 22.5 Å². The highest BCUT2D eigenvalue weighted by Crippen LogP contribution is 2.26. The van der Waals surface area contributed by atoms with Crippen LogP contribution in [0.25, 0.3) is 0 Å². The molecule has 1 unspecified atom stereocenters.